The van der Waals surface area contributed by atoms with Crippen LogP contribution in [0.15, 0.2) is 47.6 Å². The van der Waals surface area contributed by atoms with Gasteiger partial charge in [-0.05, 0) is 30.3 Å². The van der Waals surface area contributed by atoms with Gasteiger partial charge in [-0.1, -0.05) is 11.6 Å². The molecule has 3 rings (SSSR count). The van der Waals surface area contributed by atoms with Crippen LogP contribution in [-0.4, -0.2) is 68.3 Å². The lowest BCUT2D eigenvalue weighted by atomic mass is 10.3. The van der Waals surface area contributed by atoms with Crippen molar-refractivity contribution in [1.29, 1.82) is 0 Å². The maximum Gasteiger partial charge on any atom is 0.244 e. The normalized spacial score (nSPS) is 15.9. The van der Waals surface area contributed by atoms with Gasteiger partial charge in [-0.3, -0.25) is 14.7 Å². The monoisotopic (exact) mass is 424 g/mol. The number of amides is 1. The molecule has 150 valence electrons. The Kier molecular flexibility index (Phi) is 6.50. The number of piperazine rings is 1. The fraction of sp³-hybridized carbons (Fsp3) is 0.333. The second-order valence-corrected chi connectivity index (χ2v) is 8.64. The van der Waals surface area contributed by atoms with E-state index in [9.17, 15) is 13.2 Å². The van der Waals surface area contributed by atoms with E-state index >= 15 is 0 Å². The van der Waals surface area contributed by atoms with Gasteiger partial charge in [-0.15, -0.1) is 0 Å². The van der Waals surface area contributed by atoms with Crippen LogP contribution in [0.5, 0.6) is 5.75 Å². The highest BCUT2D eigenvalue weighted by molar-refractivity contribution is 7.89. The molecule has 1 aromatic carbocycles. The van der Waals surface area contributed by atoms with Crippen molar-refractivity contribution in [3.05, 3.63) is 47.7 Å². The van der Waals surface area contributed by atoms with Crippen molar-refractivity contribution < 1.29 is 17.9 Å². The highest BCUT2D eigenvalue weighted by Gasteiger charge is 2.29. The van der Waals surface area contributed by atoms with Gasteiger partial charge < -0.3 is 10.1 Å². The number of hydrogen-bond acceptors (Lipinski definition) is 6. The number of rotatable bonds is 6. The van der Waals surface area contributed by atoms with Gasteiger partial charge in [0.15, 0.2) is 0 Å². The standard InChI is InChI=1S/C18H21ClN4O4S/c1-27-17-5-4-14(19)11-16(17)21-18(24)13-22-7-9-23(10-8-22)28(25,26)15-3-2-6-20-12-15/h2-6,11-12H,7-10,13H2,1H3,(H,21,24). The van der Waals surface area contributed by atoms with Crippen molar-refractivity contribution in [3.63, 3.8) is 0 Å². The third kappa shape index (κ3) is 4.79. The quantitative estimate of drug-likeness (QED) is 0.758. The van der Waals surface area contributed by atoms with E-state index in [2.05, 4.69) is 10.3 Å². The Morgan fingerprint density at radius 1 is 1.25 bits per heavy atom. The van der Waals surface area contributed by atoms with Gasteiger partial charge in [0.25, 0.3) is 0 Å². The Bertz CT molecular complexity index is 932. The SMILES string of the molecule is COc1ccc(Cl)cc1NC(=O)CN1CCN(S(=O)(=O)c2cccnc2)CC1. The minimum atomic E-state index is -3.56. The molecular weight excluding hydrogens is 404 g/mol. The molecule has 0 aliphatic carbocycles. The van der Waals surface area contributed by atoms with E-state index in [-0.39, 0.29) is 17.3 Å². The molecule has 0 unspecified atom stereocenters. The van der Waals surface area contributed by atoms with E-state index in [1.165, 1.54) is 29.9 Å². The van der Waals surface area contributed by atoms with E-state index in [1.54, 1.807) is 24.3 Å². The molecule has 1 N–H and O–H groups in total. The summed E-state index contributed by atoms with van der Waals surface area (Å²) in [5.74, 6) is 0.300. The summed E-state index contributed by atoms with van der Waals surface area (Å²) < 4.78 is 31.9. The van der Waals surface area contributed by atoms with Crippen LogP contribution in [0.1, 0.15) is 0 Å². The molecule has 10 heteroatoms. The van der Waals surface area contributed by atoms with Crippen molar-refractivity contribution >= 4 is 33.2 Å². The van der Waals surface area contributed by atoms with Crippen LogP contribution < -0.4 is 10.1 Å². The van der Waals surface area contributed by atoms with Gasteiger partial charge in [0.05, 0.1) is 19.3 Å². The topological polar surface area (TPSA) is 91.8 Å². The third-order valence-corrected chi connectivity index (χ3v) is 6.52. The molecule has 0 atom stereocenters. The lowest BCUT2D eigenvalue weighted by Crippen LogP contribution is -2.50. The van der Waals surface area contributed by atoms with Gasteiger partial charge in [-0.2, -0.15) is 4.31 Å². The number of halogens is 1. The number of sulfonamides is 1. The Labute approximate surface area is 169 Å². The van der Waals surface area contributed by atoms with E-state index in [1.807, 2.05) is 4.90 Å². The zero-order valence-electron chi connectivity index (χ0n) is 15.3. The lowest BCUT2D eigenvalue weighted by molar-refractivity contribution is -0.117. The summed E-state index contributed by atoms with van der Waals surface area (Å²) in [7, 11) is -2.05. The van der Waals surface area contributed by atoms with Crippen LogP contribution in [0.4, 0.5) is 5.69 Å². The van der Waals surface area contributed by atoms with Crippen LogP contribution in [-0.2, 0) is 14.8 Å². The van der Waals surface area contributed by atoms with Gasteiger partial charge >= 0.3 is 0 Å². The van der Waals surface area contributed by atoms with Crippen LogP contribution in [0.3, 0.4) is 0 Å². The molecule has 2 heterocycles. The minimum absolute atomic E-state index is 0.149. The average molecular weight is 425 g/mol. The Morgan fingerprint density at radius 2 is 2.00 bits per heavy atom. The maximum absolute atomic E-state index is 12.6. The summed E-state index contributed by atoms with van der Waals surface area (Å²) in [6, 6.07) is 8.10. The number of carbonyl (C=O) groups excluding carboxylic acids is 1. The smallest absolute Gasteiger partial charge is 0.244 e. The Balaban J connectivity index is 1.56. The Morgan fingerprint density at radius 3 is 2.64 bits per heavy atom. The first-order valence-electron chi connectivity index (χ1n) is 8.66. The highest BCUT2D eigenvalue weighted by atomic mass is 35.5. The van der Waals surface area contributed by atoms with Crippen molar-refractivity contribution in [2.45, 2.75) is 4.90 Å². The van der Waals surface area contributed by atoms with Crippen LogP contribution in [0.25, 0.3) is 0 Å². The van der Waals surface area contributed by atoms with Gasteiger partial charge in [0.2, 0.25) is 15.9 Å². The van der Waals surface area contributed by atoms with Crippen LogP contribution in [0, 0.1) is 0 Å². The molecule has 0 radical (unpaired) electrons. The first-order valence-corrected chi connectivity index (χ1v) is 10.5. The first-order chi connectivity index (χ1) is 13.4. The van der Waals surface area contributed by atoms with Crippen LogP contribution >= 0.6 is 11.6 Å². The summed E-state index contributed by atoms with van der Waals surface area (Å²) in [5, 5.41) is 3.28. The number of anilines is 1. The van der Waals surface area contributed by atoms with E-state index in [0.29, 0.717) is 42.6 Å². The number of nitrogens with one attached hydrogen (secondary N) is 1. The molecule has 1 aliphatic rings. The molecular formula is C18H21ClN4O4S. The van der Waals surface area contributed by atoms with Crippen molar-refractivity contribution in [2.75, 3.05) is 45.2 Å². The predicted octanol–water partition coefficient (Wildman–Crippen LogP) is 1.69. The Hall–Kier alpha value is -2.20. The fourth-order valence-electron chi connectivity index (χ4n) is 2.95. The number of aromatic nitrogens is 1. The minimum Gasteiger partial charge on any atom is -0.495 e. The zero-order chi connectivity index (χ0) is 20.1. The summed E-state index contributed by atoms with van der Waals surface area (Å²) in [5.41, 5.74) is 0.498. The van der Waals surface area contributed by atoms with Gasteiger partial charge in [0.1, 0.15) is 10.6 Å². The number of hydrogen-bond donors (Lipinski definition) is 1. The second-order valence-electron chi connectivity index (χ2n) is 6.26. The number of carbonyl (C=O) groups is 1. The summed E-state index contributed by atoms with van der Waals surface area (Å²) in [6.45, 7) is 1.69. The number of pyridine rings is 1. The number of ether oxygens (including phenoxy) is 1. The van der Waals surface area contributed by atoms with E-state index in [4.69, 9.17) is 16.3 Å². The molecule has 0 bridgehead atoms. The maximum atomic E-state index is 12.6. The molecule has 28 heavy (non-hydrogen) atoms. The summed E-state index contributed by atoms with van der Waals surface area (Å²) >= 11 is 5.97. The summed E-state index contributed by atoms with van der Waals surface area (Å²) in [6.07, 6.45) is 2.87. The van der Waals surface area contributed by atoms with Crippen molar-refractivity contribution in [3.8, 4) is 5.75 Å². The molecule has 0 saturated carbocycles. The molecule has 1 fully saturated rings. The van der Waals surface area contributed by atoms with Crippen LogP contribution in [0.2, 0.25) is 5.02 Å². The second kappa shape index (κ2) is 8.87. The number of nitrogens with zero attached hydrogens (tertiary/aromatic N) is 3. The molecule has 1 aliphatic heterocycles. The number of methoxy groups -OCH3 is 1. The molecule has 2 aromatic rings. The molecule has 1 saturated heterocycles. The third-order valence-electron chi connectivity index (χ3n) is 4.41. The molecule has 8 nitrogen and oxygen atoms in total. The van der Waals surface area contributed by atoms with Crippen molar-refractivity contribution in [1.82, 2.24) is 14.2 Å². The molecule has 1 aromatic heterocycles. The van der Waals surface area contributed by atoms with E-state index in [0.717, 1.165) is 0 Å². The first kappa shape index (κ1) is 20.5. The largest absolute Gasteiger partial charge is 0.495 e. The van der Waals surface area contributed by atoms with Gasteiger partial charge in [0, 0.05) is 43.6 Å². The van der Waals surface area contributed by atoms with Gasteiger partial charge in [-0.25, -0.2) is 8.42 Å². The fourth-order valence-corrected chi connectivity index (χ4v) is 4.51. The zero-order valence-corrected chi connectivity index (χ0v) is 16.9. The van der Waals surface area contributed by atoms with Crippen molar-refractivity contribution in [2.24, 2.45) is 0 Å². The number of benzene rings is 1. The van der Waals surface area contributed by atoms with E-state index < -0.39 is 10.0 Å². The molecule has 1 amide bonds. The average Bonchev–Trinajstić information content (AvgIpc) is 2.69. The lowest BCUT2D eigenvalue weighted by Gasteiger charge is -2.33. The predicted molar refractivity (Wildman–Crippen MR) is 106 cm³/mol. The summed E-state index contributed by atoms with van der Waals surface area (Å²) in [4.78, 5) is 18.3. The highest BCUT2D eigenvalue weighted by Crippen LogP contribution is 2.27. The molecule has 0 spiro atoms.